The number of hydrogen-bond donors (Lipinski definition) is 1. The zero-order valence-electron chi connectivity index (χ0n) is 11.5. The molecule has 2 aliphatic rings. The van der Waals surface area contributed by atoms with Gasteiger partial charge >= 0.3 is 5.97 Å². The molecule has 0 aromatic heterocycles. The summed E-state index contributed by atoms with van der Waals surface area (Å²) in [6.45, 7) is 2.25. The van der Waals surface area contributed by atoms with E-state index in [9.17, 15) is 13.2 Å². The highest BCUT2D eigenvalue weighted by Crippen LogP contribution is 2.42. The van der Waals surface area contributed by atoms with Crippen LogP contribution in [0.15, 0.2) is 21.5 Å². The second-order valence-electron chi connectivity index (χ2n) is 5.82. The number of halogens is 1. The fraction of sp³-hybridized carbons (Fsp3) is 0.500. The Labute approximate surface area is 132 Å². The van der Waals surface area contributed by atoms with Crippen molar-refractivity contribution >= 4 is 31.9 Å². The summed E-state index contributed by atoms with van der Waals surface area (Å²) in [7, 11) is -3.66. The van der Waals surface area contributed by atoms with Gasteiger partial charge in [-0.25, -0.2) is 13.2 Å². The highest BCUT2D eigenvalue weighted by Gasteiger charge is 2.44. The first-order valence-corrected chi connectivity index (χ1v) is 9.09. The standard InChI is InChI=1S/C14H16BrNO4S/c1-8-4-10(14(17)18)6-12(13(8)15)21(19,20)16-7-9-2-3-11(16)5-9/h4,6,9,11H,2-3,5,7H2,1H3,(H,17,18). The molecular formula is C14H16BrNO4S. The predicted molar refractivity (Wildman–Crippen MR) is 80.9 cm³/mol. The van der Waals surface area contributed by atoms with E-state index in [-0.39, 0.29) is 16.5 Å². The average molecular weight is 374 g/mol. The molecule has 3 rings (SSSR count). The number of sulfonamides is 1. The van der Waals surface area contributed by atoms with Crippen LogP contribution in [0, 0.1) is 12.8 Å². The summed E-state index contributed by atoms with van der Waals surface area (Å²) in [5.74, 6) is -0.669. The fourth-order valence-electron chi connectivity index (χ4n) is 3.35. The summed E-state index contributed by atoms with van der Waals surface area (Å²) in [5.41, 5.74) is 0.608. The van der Waals surface area contributed by atoms with Crippen LogP contribution >= 0.6 is 15.9 Å². The molecule has 2 unspecified atom stereocenters. The van der Waals surface area contributed by atoms with Crippen molar-refractivity contribution in [2.45, 2.75) is 37.1 Å². The highest BCUT2D eigenvalue weighted by molar-refractivity contribution is 9.10. The minimum absolute atomic E-state index is 0.00127. The number of hydrogen-bond acceptors (Lipinski definition) is 3. The summed E-state index contributed by atoms with van der Waals surface area (Å²) >= 11 is 3.30. The minimum atomic E-state index is -3.66. The number of carboxylic acids is 1. The second-order valence-corrected chi connectivity index (χ2v) is 8.47. The van der Waals surface area contributed by atoms with Crippen LogP contribution in [0.3, 0.4) is 0 Å². The zero-order chi connectivity index (χ0) is 15.4. The number of rotatable bonds is 3. The molecule has 21 heavy (non-hydrogen) atoms. The fourth-order valence-corrected chi connectivity index (χ4v) is 6.10. The molecule has 0 amide bonds. The van der Waals surface area contributed by atoms with E-state index in [1.807, 2.05) is 0 Å². The maximum atomic E-state index is 12.9. The van der Waals surface area contributed by atoms with Crippen LogP contribution in [-0.2, 0) is 10.0 Å². The summed E-state index contributed by atoms with van der Waals surface area (Å²) in [6.07, 6.45) is 2.92. The first-order chi connectivity index (χ1) is 9.80. The first kappa shape index (κ1) is 15.0. The Hall–Kier alpha value is -0.920. The van der Waals surface area contributed by atoms with Gasteiger partial charge in [-0.1, -0.05) is 0 Å². The molecule has 1 N–H and O–H groups in total. The van der Waals surface area contributed by atoms with Crippen LogP contribution in [-0.4, -0.2) is 36.4 Å². The Morgan fingerprint density at radius 3 is 2.62 bits per heavy atom. The van der Waals surface area contributed by atoms with E-state index in [4.69, 9.17) is 5.11 Å². The van der Waals surface area contributed by atoms with E-state index < -0.39 is 16.0 Å². The van der Waals surface area contributed by atoms with Gasteiger partial charge in [-0.15, -0.1) is 0 Å². The maximum Gasteiger partial charge on any atom is 0.335 e. The van der Waals surface area contributed by atoms with Gasteiger partial charge in [-0.05, 0) is 65.7 Å². The number of nitrogens with zero attached hydrogens (tertiary/aromatic N) is 1. The molecule has 1 aromatic rings. The lowest BCUT2D eigenvalue weighted by molar-refractivity contribution is 0.0696. The molecule has 2 atom stereocenters. The number of carboxylic acid groups (broad SMARTS) is 1. The topological polar surface area (TPSA) is 74.7 Å². The summed E-state index contributed by atoms with van der Waals surface area (Å²) in [5, 5.41) is 9.14. The normalized spacial score (nSPS) is 25.4. The predicted octanol–water partition coefficient (Wildman–Crippen LogP) is 2.63. The van der Waals surface area contributed by atoms with Crippen LogP contribution < -0.4 is 0 Å². The van der Waals surface area contributed by atoms with Crippen LogP contribution in [0.5, 0.6) is 0 Å². The van der Waals surface area contributed by atoms with E-state index in [1.54, 1.807) is 11.2 Å². The third kappa shape index (κ3) is 2.41. The van der Waals surface area contributed by atoms with E-state index in [1.165, 1.54) is 12.1 Å². The van der Waals surface area contributed by atoms with Crippen LogP contribution in [0.25, 0.3) is 0 Å². The van der Waals surface area contributed by atoms with Gasteiger partial charge in [0, 0.05) is 17.1 Å². The number of carbonyl (C=O) groups is 1. The third-order valence-corrected chi connectivity index (χ3v) is 7.67. The SMILES string of the molecule is Cc1cc(C(=O)O)cc(S(=O)(=O)N2CC3CCC2C3)c1Br. The van der Waals surface area contributed by atoms with Crippen molar-refractivity contribution in [1.29, 1.82) is 0 Å². The molecule has 0 spiro atoms. The van der Waals surface area contributed by atoms with Gasteiger partial charge in [0.1, 0.15) is 0 Å². The molecule has 1 aromatic carbocycles. The first-order valence-electron chi connectivity index (χ1n) is 6.86. The van der Waals surface area contributed by atoms with Crippen molar-refractivity contribution in [1.82, 2.24) is 4.31 Å². The van der Waals surface area contributed by atoms with Crippen molar-refractivity contribution in [3.05, 3.63) is 27.7 Å². The van der Waals surface area contributed by atoms with E-state index >= 15 is 0 Å². The molecule has 1 heterocycles. The smallest absolute Gasteiger partial charge is 0.335 e. The quantitative estimate of drug-likeness (QED) is 0.883. The average Bonchev–Trinajstić information content (AvgIpc) is 3.03. The maximum absolute atomic E-state index is 12.9. The summed E-state index contributed by atoms with van der Waals surface area (Å²) in [6, 6.07) is 2.79. The number of piperidine rings is 1. The Morgan fingerprint density at radius 2 is 2.10 bits per heavy atom. The minimum Gasteiger partial charge on any atom is -0.478 e. The lowest BCUT2D eigenvalue weighted by atomic mass is 10.1. The van der Waals surface area contributed by atoms with Gasteiger partial charge in [-0.2, -0.15) is 4.31 Å². The van der Waals surface area contributed by atoms with Crippen molar-refractivity contribution in [2.75, 3.05) is 6.54 Å². The van der Waals surface area contributed by atoms with E-state index in [0.717, 1.165) is 19.3 Å². The zero-order valence-corrected chi connectivity index (χ0v) is 13.9. The second kappa shape index (κ2) is 5.07. The monoisotopic (exact) mass is 373 g/mol. The molecule has 5 nitrogen and oxygen atoms in total. The molecule has 0 radical (unpaired) electrons. The molecule has 114 valence electrons. The molecule has 2 fully saturated rings. The molecule has 1 saturated carbocycles. The molecule has 7 heteroatoms. The molecule has 2 bridgehead atoms. The highest BCUT2D eigenvalue weighted by atomic mass is 79.9. The lowest BCUT2D eigenvalue weighted by Gasteiger charge is -2.27. The lowest BCUT2D eigenvalue weighted by Crippen LogP contribution is -2.37. The van der Waals surface area contributed by atoms with Crippen molar-refractivity contribution in [3.63, 3.8) is 0 Å². The van der Waals surface area contributed by atoms with Gasteiger partial charge in [0.15, 0.2) is 0 Å². The van der Waals surface area contributed by atoms with Gasteiger partial charge in [0.25, 0.3) is 0 Å². The van der Waals surface area contributed by atoms with Crippen molar-refractivity contribution in [2.24, 2.45) is 5.92 Å². The number of benzene rings is 1. The van der Waals surface area contributed by atoms with Crippen molar-refractivity contribution < 1.29 is 18.3 Å². The van der Waals surface area contributed by atoms with Crippen molar-refractivity contribution in [3.8, 4) is 0 Å². The molecule has 1 aliphatic carbocycles. The third-order valence-electron chi connectivity index (χ3n) is 4.41. The molecule has 1 saturated heterocycles. The Bertz CT molecular complexity index is 716. The number of aryl methyl sites for hydroxylation is 1. The van der Waals surface area contributed by atoms with E-state index in [0.29, 0.717) is 22.5 Å². The van der Waals surface area contributed by atoms with Crippen LogP contribution in [0.1, 0.15) is 35.2 Å². The Kier molecular flexibility index (Phi) is 3.62. The summed E-state index contributed by atoms with van der Waals surface area (Å²) in [4.78, 5) is 11.2. The Morgan fingerprint density at radius 1 is 1.38 bits per heavy atom. The van der Waals surface area contributed by atoms with Crippen LogP contribution in [0.4, 0.5) is 0 Å². The van der Waals surface area contributed by atoms with E-state index in [2.05, 4.69) is 15.9 Å². The number of fused-ring (bicyclic) bond motifs is 2. The van der Waals surface area contributed by atoms with Crippen LogP contribution in [0.2, 0.25) is 0 Å². The van der Waals surface area contributed by atoms with Gasteiger partial charge in [0.05, 0.1) is 10.5 Å². The largest absolute Gasteiger partial charge is 0.478 e. The molecular weight excluding hydrogens is 358 g/mol. The number of aromatic carboxylic acids is 1. The molecule has 1 aliphatic heterocycles. The van der Waals surface area contributed by atoms with Gasteiger partial charge in [-0.3, -0.25) is 0 Å². The Balaban J connectivity index is 2.08. The van der Waals surface area contributed by atoms with Gasteiger partial charge < -0.3 is 5.11 Å². The summed E-state index contributed by atoms with van der Waals surface area (Å²) < 4.78 is 27.8. The van der Waals surface area contributed by atoms with Gasteiger partial charge in [0.2, 0.25) is 10.0 Å².